The van der Waals surface area contributed by atoms with E-state index in [0.717, 1.165) is 10.3 Å². The molecule has 0 saturated carbocycles. The topological polar surface area (TPSA) is 116 Å². The van der Waals surface area contributed by atoms with E-state index in [9.17, 15) is 9.59 Å². The van der Waals surface area contributed by atoms with E-state index >= 15 is 0 Å². The van der Waals surface area contributed by atoms with Crippen molar-refractivity contribution in [3.8, 4) is 17.5 Å². The quantitative estimate of drug-likeness (QED) is 0.370. The molecule has 0 bridgehead atoms. The Morgan fingerprint density at radius 1 is 1.34 bits per heavy atom. The van der Waals surface area contributed by atoms with Gasteiger partial charge >= 0.3 is 5.69 Å². The molecule has 1 aromatic carbocycles. The van der Waals surface area contributed by atoms with E-state index in [4.69, 9.17) is 33.2 Å². The second-order valence-electron chi connectivity index (χ2n) is 6.75. The Labute approximate surface area is 194 Å². The van der Waals surface area contributed by atoms with Crippen molar-refractivity contribution in [1.29, 1.82) is 5.26 Å². The van der Waals surface area contributed by atoms with E-state index in [1.54, 1.807) is 18.4 Å². The highest BCUT2D eigenvalue weighted by Crippen LogP contribution is 2.37. The van der Waals surface area contributed by atoms with Crippen LogP contribution in [0.25, 0.3) is 5.69 Å². The van der Waals surface area contributed by atoms with Gasteiger partial charge in [0.15, 0.2) is 5.75 Å². The van der Waals surface area contributed by atoms with Gasteiger partial charge in [-0.2, -0.15) is 9.94 Å². The number of hydrogen-bond acceptors (Lipinski definition) is 7. The van der Waals surface area contributed by atoms with Gasteiger partial charge in [0.05, 0.1) is 15.7 Å². The van der Waals surface area contributed by atoms with Crippen LogP contribution in [0.4, 0.5) is 0 Å². The number of nitrogens with one attached hydrogen (secondary N) is 1. The van der Waals surface area contributed by atoms with Gasteiger partial charge in [-0.15, -0.1) is 5.10 Å². The Bertz CT molecular complexity index is 1240. The molecule has 0 spiro atoms. The summed E-state index contributed by atoms with van der Waals surface area (Å²) < 4.78 is 6.89. The number of hydrogen-bond donors (Lipinski definition) is 1. The van der Waals surface area contributed by atoms with Crippen LogP contribution in [-0.4, -0.2) is 40.0 Å². The van der Waals surface area contributed by atoms with Gasteiger partial charge in [-0.05, 0) is 38.0 Å². The fraction of sp³-hybridized carbons (Fsp3) is 0.286. The minimum Gasteiger partial charge on any atom is -0.454 e. The monoisotopic (exact) mass is 476 g/mol. The first kappa shape index (κ1) is 24.9. The summed E-state index contributed by atoms with van der Waals surface area (Å²) in [6.45, 7) is 5.71. The molecular weight excluding hydrogens is 455 g/mol. The Balaban J connectivity index is 2.59. The lowest BCUT2D eigenvalue weighted by molar-refractivity contribution is 0.428. The highest BCUT2D eigenvalue weighted by molar-refractivity contribution is 6.37. The molecule has 11 heteroatoms. The van der Waals surface area contributed by atoms with E-state index < -0.39 is 16.9 Å². The number of halogens is 2. The van der Waals surface area contributed by atoms with Gasteiger partial charge in [-0.3, -0.25) is 9.78 Å². The molecule has 0 aliphatic carbocycles. The molecule has 2 rings (SSSR count). The molecule has 0 radical (unpaired) electrons. The summed E-state index contributed by atoms with van der Waals surface area (Å²) in [5.41, 5.74) is -1.10. The van der Waals surface area contributed by atoms with Gasteiger partial charge < -0.3 is 9.64 Å². The fourth-order valence-electron chi connectivity index (χ4n) is 2.47. The van der Waals surface area contributed by atoms with Crippen LogP contribution < -0.4 is 16.0 Å². The average Bonchev–Trinajstić information content (AvgIpc) is 2.74. The Hall–Kier alpha value is -3.35. The van der Waals surface area contributed by atoms with Crippen molar-refractivity contribution in [2.75, 3.05) is 14.1 Å². The van der Waals surface area contributed by atoms with E-state index in [1.807, 2.05) is 44.8 Å². The molecule has 9 nitrogen and oxygen atoms in total. The number of nitrogens with zero attached hydrogens (tertiary/aromatic N) is 5. The number of benzene rings is 1. The molecule has 0 fully saturated rings. The van der Waals surface area contributed by atoms with Gasteiger partial charge in [0.2, 0.25) is 5.69 Å². The molecular formula is C21H22Cl2N6O3. The molecule has 0 amide bonds. The van der Waals surface area contributed by atoms with Crippen LogP contribution in [0.5, 0.6) is 5.75 Å². The van der Waals surface area contributed by atoms with Crippen LogP contribution in [0.1, 0.15) is 32.9 Å². The molecule has 168 valence electrons. The largest absolute Gasteiger partial charge is 0.454 e. The number of rotatable bonds is 7. The van der Waals surface area contributed by atoms with Gasteiger partial charge in [0, 0.05) is 26.4 Å². The number of aromatic amines is 1. The summed E-state index contributed by atoms with van der Waals surface area (Å²) in [6.07, 6.45) is 4.15. The lowest BCUT2D eigenvalue weighted by Crippen LogP contribution is -2.33. The number of aromatic nitrogens is 3. The zero-order chi connectivity index (χ0) is 24.0. The number of nitriles is 1. The van der Waals surface area contributed by atoms with Crippen LogP contribution in [0, 0.1) is 11.3 Å². The fourth-order valence-corrected chi connectivity index (χ4v) is 3.02. The summed E-state index contributed by atoms with van der Waals surface area (Å²) in [5, 5.41) is 13.0. The first-order valence-electron chi connectivity index (χ1n) is 9.51. The molecule has 1 heterocycles. The second kappa shape index (κ2) is 10.8. The highest BCUT2D eigenvalue weighted by atomic mass is 35.5. The molecule has 0 saturated heterocycles. The predicted molar refractivity (Wildman–Crippen MR) is 125 cm³/mol. The summed E-state index contributed by atoms with van der Waals surface area (Å²) >= 11 is 12.8. The van der Waals surface area contributed by atoms with Gasteiger partial charge in [0.1, 0.15) is 17.6 Å². The zero-order valence-electron chi connectivity index (χ0n) is 18.2. The Morgan fingerprint density at radius 3 is 2.47 bits per heavy atom. The van der Waals surface area contributed by atoms with E-state index in [-0.39, 0.29) is 21.5 Å². The Morgan fingerprint density at radius 2 is 1.97 bits per heavy atom. The first-order chi connectivity index (χ1) is 15.1. The smallest absolute Gasteiger partial charge is 0.349 e. The minimum absolute atomic E-state index is 0.103. The zero-order valence-corrected chi connectivity index (χ0v) is 19.7. The van der Waals surface area contributed by atoms with Crippen LogP contribution >= 0.6 is 23.2 Å². The summed E-state index contributed by atoms with van der Waals surface area (Å²) in [4.78, 5) is 31.9. The molecule has 1 aromatic heterocycles. The van der Waals surface area contributed by atoms with Crippen LogP contribution in [-0.2, 0) is 0 Å². The normalized spacial score (nSPS) is 12.5. The van der Waals surface area contributed by atoms with E-state index in [0.29, 0.717) is 18.0 Å². The van der Waals surface area contributed by atoms with Crippen molar-refractivity contribution in [1.82, 2.24) is 19.7 Å². The van der Waals surface area contributed by atoms with Crippen molar-refractivity contribution in [2.24, 2.45) is 4.99 Å². The van der Waals surface area contributed by atoms with Gasteiger partial charge in [-0.1, -0.05) is 30.1 Å². The molecule has 0 aliphatic heterocycles. The van der Waals surface area contributed by atoms with Crippen LogP contribution in [0.2, 0.25) is 10.0 Å². The standard InChI is InChI=1S/C21H22Cl2N6O3/c1-6-12(3)17(10-18(25-7-2)28(4)5)32-19-14(22)8-13(9-15(19)23)29-21(31)26-20(30)16(11-24)27-29/h7-10H,6H2,1-5H3,(H,26,30,31)/b17-12-,18-10+,25-7?. The minimum atomic E-state index is -0.881. The van der Waals surface area contributed by atoms with Gasteiger partial charge in [0.25, 0.3) is 5.56 Å². The third-order valence-corrected chi connectivity index (χ3v) is 4.87. The maximum atomic E-state index is 12.2. The number of allylic oxidation sites excluding steroid dienone is 2. The van der Waals surface area contributed by atoms with Crippen molar-refractivity contribution in [3.63, 3.8) is 0 Å². The Kier molecular flexibility index (Phi) is 8.41. The van der Waals surface area contributed by atoms with Crippen molar-refractivity contribution >= 4 is 29.4 Å². The molecule has 1 N–H and O–H groups in total. The SMILES string of the molecule is CC=N/C(=C\C(Oc1c(Cl)cc(-n2nc(C#N)c(=O)[nH]c2=O)cc1Cl)=C(/C)CC)N(C)C. The first-order valence-corrected chi connectivity index (χ1v) is 10.3. The third kappa shape index (κ3) is 5.66. The van der Waals surface area contributed by atoms with Crippen molar-refractivity contribution in [2.45, 2.75) is 27.2 Å². The molecule has 0 atom stereocenters. The third-order valence-electron chi connectivity index (χ3n) is 4.30. The number of H-pyrrole nitrogens is 1. The maximum Gasteiger partial charge on any atom is 0.349 e. The second-order valence-corrected chi connectivity index (χ2v) is 7.57. The average molecular weight is 477 g/mol. The maximum absolute atomic E-state index is 12.2. The van der Waals surface area contributed by atoms with Gasteiger partial charge in [-0.25, -0.2) is 9.79 Å². The molecule has 0 aliphatic rings. The van der Waals surface area contributed by atoms with Crippen LogP contribution in [0.3, 0.4) is 0 Å². The van der Waals surface area contributed by atoms with Crippen molar-refractivity contribution in [3.05, 3.63) is 71.9 Å². The summed E-state index contributed by atoms with van der Waals surface area (Å²) in [6, 6.07) is 4.42. The van der Waals surface area contributed by atoms with Crippen LogP contribution in [0.15, 0.2) is 49.9 Å². The molecule has 0 unspecified atom stereocenters. The van der Waals surface area contributed by atoms with E-state index in [2.05, 4.69) is 10.1 Å². The molecule has 2 aromatic rings. The highest BCUT2D eigenvalue weighted by Gasteiger charge is 2.16. The lowest BCUT2D eigenvalue weighted by Gasteiger charge is -2.17. The summed E-state index contributed by atoms with van der Waals surface area (Å²) in [7, 11) is 3.72. The molecule has 32 heavy (non-hydrogen) atoms. The number of aliphatic imine (C=N–C) groups is 1. The van der Waals surface area contributed by atoms with Crippen molar-refractivity contribution < 1.29 is 4.74 Å². The lowest BCUT2D eigenvalue weighted by atomic mass is 10.2. The van der Waals surface area contributed by atoms with E-state index in [1.165, 1.54) is 12.1 Å². The predicted octanol–water partition coefficient (Wildman–Crippen LogP) is 3.66. The number of ether oxygens (including phenoxy) is 1. The summed E-state index contributed by atoms with van der Waals surface area (Å²) in [5.74, 6) is 1.35.